The van der Waals surface area contributed by atoms with E-state index in [9.17, 15) is 19.8 Å². The molecule has 1 amide bonds. The highest BCUT2D eigenvalue weighted by molar-refractivity contribution is 8.03. The summed E-state index contributed by atoms with van der Waals surface area (Å²) in [6.45, 7) is 4.36. The third-order valence-corrected chi connectivity index (χ3v) is 9.06. The number of nitrogens with zero attached hydrogens (tertiary/aromatic N) is 3. The monoisotopic (exact) mass is 442 g/mol. The number of aliphatic hydroxyl groups is 1. The Morgan fingerprint density at radius 2 is 2.32 bits per heavy atom. The van der Waals surface area contributed by atoms with Crippen molar-refractivity contribution in [1.29, 1.82) is 0 Å². The second-order valence-corrected chi connectivity index (χ2v) is 10.8. The first kappa shape index (κ1) is 20.1. The lowest BCUT2D eigenvalue weighted by Gasteiger charge is -2.46. The Hall–Kier alpha value is -1.14. The van der Waals surface area contributed by atoms with Crippen molar-refractivity contribution < 1.29 is 19.8 Å². The fourth-order valence-electron chi connectivity index (χ4n) is 4.26. The lowest BCUT2D eigenvalue weighted by atomic mass is 9.79. The second kappa shape index (κ2) is 7.94. The van der Waals surface area contributed by atoms with Gasteiger partial charge in [0.2, 0.25) is 5.91 Å². The van der Waals surface area contributed by atoms with Crippen LogP contribution in [0.4, 0.5) is 0 Å². The average molecular weight is 443 g/mol. The van der Waals surface area contributed by atoms with Gasteiger partial charge in [-0.15, -0.1) is 28.6 Å². The summed E-state index contributed by atoms with van der Waals surface area (Å²) >= 11 is 4.69. The van der Waals surface area contributed by atoms with Crippen LogP contribution in [0.3, 0.4) is 0 Å². The smallest absolute Gasteiger partial charge is 0.353 e. The van der Waals surface area contributed by atoms with E-state index in [1.54, 1.807) is 36.6 Å². The summed E-state index contributed by atoms with van der Waals surface area (Å²) in [5.41, 5.74) is 0.109. The highest BCUT2D eigenvalue weighted by Crippen LogP contribution is 2.51. The molecule has 4 heterocycles. The fourth-order valence-corrected chi connectivity index (χ4v) is 7.31. The largest absolute Gasteiger partial charge is 0.477 e. The van der Waals surface area contributed by atoms with Crippen LogP contribution in [0.1, 0.15) is 20.3 Å². The van der Waals surface area contributed by atoms with Crippen molar-refractivity contribution >= 4 is 46.9 Å². The van der Waals surface area contributed by atoms with Crippen molar-refractivity contribution in [2.24, 2.45) is 11.8 Å². The maximum absolute atomic E-state index is 12.4. The molecule has 3 aliphatic rings. The molecule has 0 spiro atoms. The Balaban J connectivity index is 1.42. The molecule has 0 aromatic carbocycles. The van der Waals surface area contributed by atoms with Crippen LogP contribution in [0, 0.1) is 11.8 Å². The van der Waals surface area contributed by atoms with Gasteiger partial charge in [0.25, 0.3) is 0 Å². The minimum atomic E-state index is -1.06. The van der Waals surface area contributed by atoms with Gasteiger partial charge in [-0.2, -0.15) is 0 Å². The Bertz CT molecular complexity index is 800. The van der Waals surface area contributed by atoms with Gasteiger partial charge in [0, 0.05) is 34.4 Å². The Morgan fingerprint density at radius 1 is 1.54 bits per heavy atom. The summed E-state index contributed by atoms with van der Waals surface area (Å²) in [6, 6.07) is 0.0969. The standard InChI is InChI=1S/C17H22N4O4S3/c1-7-13-12(8(2)22)16(23)21(13)14(17(24)25)15(7)27-10-3-9(18-4-10)6-26-11-5-19-20-28-11/h5,7-10,12-13,18,22H,3-4,6H2,1-2H3,(H,24,25)/t7-,8-,9+,10+,12-,13-/m1/s1. The van der Waals surface area contributed by atoms with Crippen molar-refractivity contribution in [3.8, 4) is 0 Å². The van der Waals surface area contributed by atoms with E-state index in [4.69, 9.17) is 0 Å². The summed E-state index contributed by atoms with van der Waals surface area (Å²) in [5.74, 6) is -1.02. The van der Waals surface area contributed by atoms with E-state index in [1.165, 1.54) is 16.4 Å². The number of carbonyl (C=O) groups is 2. The summed E-state index contributed by atoms with van der Waals surface area (Å²) in [4.78, 5) is 26.4. The molecule has 6 atom stereocenters. The van der Waals surface area contributed by atoms with E-state index in [-0.39, 0.29) is 28.8 Å². The summed E-state index contributed by atoms with van der Waals surface area (Å²) in [6.07, 6.45) is 1.93. The number of thioether (sulfide) groups is 2. The number of hydrogen-bond acceptors (Lipinski definition) is 9. The van der Waals surface area contributed by atoms with E-state index in [1.807, 2.05) is 6.92 Å². The Morgan fingerprint density at radius 3 is 2.96 bits per heavy atom. The van der Waals surface area contributed by atoms with Crippen molar-refractivity contribution in [1.82, 2.24) is 19.8 Å². The van der Waals surface area contributed by atoms with Gasteiger partial charge in [-0.3, -0.25) is 4.79 Å². The molecule has 0 saturated carbocycles. The van der Waals surface area contributed by atoms with Crippen molar-refractivity contribution in [2.45, 2.75) is 47.9 Å². The van der Waals surface area contributed by atoms with E-state index in [0.717, 1.165) is 27.8 Å². The SMILES string of the molecule is C[C@@H](O)[C@H]1C(=O)N2C(C(=O)O)=C(S[C@@H]3CN[C@H](CSc4cnns4)C3)[C@H](C)[C@H]12. The lowest BCUT2D eigenvalue weighted by molar-refractivity contribution is -0.163. The molecule has 0 aliphatic carbocycles. The third-order valence-electron chi connectivity index (χ3n) is 5.55. The van der Waals surface area contributed by atoms with Gasteiger partial charge in [0.15, 0.2) is 0 Å². The number of carbonyl (C=O) groups excluding carboxylic acids is 1. The fraction of sp³-hybridized carbons (Fsp3) is 0.647. The van der Waals surface area contributed by atoms with Gasteiger partial charge >= 0.3 is 5.97 Å². The molecule has 1 aromatic rings. The van der Waals surface area contributed by atoms with Crippen molar-refractivity contribution in [2.75, 3.05) is 12.3 Å². The van der Waals surface area contributed by atoms with E-state index >= 15 is 0 Å². The Labute approximate surface area is 175 Å². The number of rotatable bonds is 7. The highest BCUT2D eigenvalue weighted by atomic mass is 32.2. The molecule has 1 aromatic heterocycles. The summed E-state index contributed by atoms with van der Waals surface area (Å²) in [7, 11) is 0. The number of aliphatic hydroxyl groups excluding tert-OH is 1. The van der Waals surface area contributed by atoms with Crippen LogP contribution >= 0.6 is 35.1 Å². The van der Waals surface area contributed by atoms with Crippen molar-refractivity contribution in [3.05, 3.63) is 16.8 Å². The molecule has 0 bridgehead atoms. The number of carboxylic acid groups (broad SMARTS) is 1. The zero-order chi connectivity index (χ0) is 20.0. The molecule has 0 radical (unpaired) electrons. The van der Waals surface area contributed by atoms with Crippen LogP contribution in [0.2, 0.25) is 0 Å². The first-order valence-electron chi connectivity index (χ1n) is 9.17. The summed E-state index contributed by atoms with van der Waals surface area (Å²) in [5, 5.41) is 27.3. The van der Waals surface area contributed by atoms with Crippen LogP contribution in [0.5, 0.6) is 0 Å². The van der Waals surface area contributed by atoms with Gasteiger partial charge in [0.1, 0.15) is 9.91 Å². The molecule has 3 aliphatic heterocycles. The van der Waals surface area contributed by atoms with Crippen LogP contribution in [-0.4, -0.2) is 72.3 Å². The van der Waals surface area contributed by atoms with Crippen molar-refractivity contribution in [3.63, 3.8) is 0 Å². The zero-order valence-electron chi connectivity index (χ0n) is 15.4. The summed E-state index contributed by atoms with van der Waals surface area (Å²) < 4.78 is 4.95. The number of hydrogen-bond donors (Lipinski definition) is 3. The average Bonchev–Trinajstić information content (AvgIpc) is 3.34. The normalized spacial score (nSPS) is 33.2. The van der Waals surface area contributed by atoms with Crippen LogP contribution in [-0.2, 0) is 9.59 Å². The molecule has 3 N–H and O–H groups in total. The molecular formula is C17H22N4O4S3. The highest BCUT2D eigenvalue weighted by Gasteiger charge is 2.60. The molecule has 28 heavy (non-hydrogen) atoms. The van der Waals surface area contributed by atoms with Crippen LogP contribution < -0.4 is 5.32 Å². The van der Waals surface area contributed by atoms with E-state index in [2.05, 4.69) is 14.9 Å². The van der Waals surface area contributed by atoms with Gasteiger partial charge in [-0.1, -0.05) is 11.4 Å². The molecule has 0 unspecified atom stereocenters. The number of carboxylic acids is 1. The minimum Gasteiger partial charge on any atom is -0.477 e. The van der Waals surface area contributed by atoms with E-state index in [0.29, 0.717) is 6.04 Å². The van der Waals surface area contributed by atoms with Gasteiger partial charge in [-0.05, 0) is 24.9 Å². The third kappa shape index (κ3) is 3.47. The zero-order valence-corrected chi connectivity index (χ0v) is 17.9. The number of nitrogens with one attached hydrogen (secondary N) is 1. The number of aromatic nitrogens is 2. The number of aliphatic carboxylic acids is 1. The quantitative estimate of drug-likeness (QED) is 0.424. The molecule has 152 valence electrons. The topological polar surface area (TPSA) is 116 Å². The second-order valence-electron chi connectivity index (χ2n) is 7.40. The predicted molar refractivity (Wildman–Crippen MR) is 108 cm³/mol. The predicted octanol–water partition coefficient (Wildman–Crippen LogP) is 1.25. The first-order chi connectivity index (χ1) is 13.4. The minimum absolute atomic E-state index is 0.0786. The Kier molecular flexibility index (Phi) is 5.71. The van der Waals surface area contributed by atoms with Crippen LogP contribution in [0.15, 0.2) is 21.0 Å². The number of fused-ring (bicyclic) bond motifs is 1. The molecule has 4 rings (SSSR count). The maximum Gasteiger partial charge on any atom is 0.353 e. The maximum atomic E-state index is 12.4. The van der Waals surface area contributed by atoms with Gasteiger partial charge in [-0.25, -0.2) is 4.79 Å². The van der Waals surface area contributed by atoms with Crippen LogP contribution in [0.25, 0.3) is 0 Å². The first-order valence-corrected chi connectivity index (χ1v) is 11.8. The van der Waals surface area contributed by atoms with E-state index < -0.39 is 18.0 Å². The molecule has 2 fully saturated rings. The van der Waals surface area contributed by atoms with Gasteiger partial charge in [0.05, 0.1) is 24.3 Å². The van der Waals surface area contributed by atoms with Gasteiger partial charge < -0.3 is 20.4 Å². The molecular weight excluding hydrogens is 420 g/mol. The lowest BCUT2D eigenvalue weighted by Crippen LogP contribution is -2.63. The number of β-lactam (4-membered cyclic amide) rings is 1. The number of amides is 1. The molecule has 2 saturated heterocycles. The molecule has 11 heteroatoms. The molecule has 8 nitrogen and oxygen atoms in total.